The van der Waals surface area contributed by atoms with E-state index < -0.39 is 0 Å². The van der Waals surface area contributed by atoms with Gasteiger partial charge in [0.25, 0.3) is 5.91 Å². The van der Waals surface area contributed by atoms with Crippen LogP contribution in [0, 0.1) is 11.8 Å². The molecule has 17 heavy (non-hydrogen) atoms. The van der Waals surface area contributed by atoms with Gasteiger partial charge >= 0.3 is 0 Å². The van der Waals surface area contributed by atoms with E-state index in [1.807, 2.05) is 0 Å². The van der Waals surface area contributed by atoms with Gasteiger partial charge in [-0.05, 0) is 37.2 Å². The topological polar surface area (TPSA) is 42.0 Å². The van der Waals surface area contributed by atoms with Crippen molar-refractivity contribution in [2.75, 3.05) is 0 Å². The second-order valence-corrected chi connectivity index (χ2v) is 5.52. The number of rotatable bonds is 2. The van der Waals surface area contributed by atoms with Crippen LogP contribution in [0.2, 0.25) is 5.02 Å². The minimum absolute atomic E-state index is 0.0602. The minimum atomic E-state index is -0.0602. The highest BCUT2D eigenvalue weighted by molar-refractivity contribution is 6.33. The van der Waals surface area contributed by atoms with Crippen molar-refractivity contribution in [3.8, 4) is 0 Å². The number of hydrogen-bond donors (Lipinski definition) is 1. The van der Waals surface area contributed by atoms with Crippen LogP contribution in [-0.2, 0) is 0 Å². The highest BCUT2D eigenvalue weighted by Gasteiger charge is 2.40. The molecule has 0 radical (unpaired) electrons. The third-order valence-electron chi connectivity index (χ3n) is 4.07. The summed E-state index contributed by atoms with van der Waals surface area (Å²) in [5, 5.41) is 3.54. The zero-order valence-corrected chi connectivity index (χ0v) is 10.3. The fourth-order valence-corrected chi connectivity index (χ4v) is 3.43. The van der Waals surface area contributed by atoms with Crippen LogP contribution in [0.25, 0.3) is 0 Å². The van der Waals surface area contributed by atoms with Crippen molar-refractivity contribution < 1.29 is 4.79 Å². The Balaban J connectivity index is 1.70. The number of carbonyl (C=O) groups is 1. The smallest absolute Gasteiger partial charge is 0.253 e. The number of halogens is 1. The molecule has 3 nitrogen and oxygen atoms in total. The van der Waals surface area contributed by atoms with Gasteiger partial charge in [0, 0.05) is 18.4 Å². The molecule has 2 aliphatic rings. The molecule has 0 saturated heterocycles. The zero-order chi connectivity index (χ0) is 11.8. The average molecular weight is 251 g/mol. The van der Waals surface area contributed by atoms with Gasteiger partial charge in [-0.15, -0.1) is 0 Å². The van der Waals surface area contributed by atoms with Gasteiger partial charge in [0.1, 0.15) is 0 Å². The lowest BCUT2D eigenvalue weighted by Gasteiger charge is -2.23. The third kappa shape index (κ3) is 2.04. The van der Waals surface area contributed by atoms with Crippen LogP contribution < -0.4 is 5.32 Å². The maximum absolute atomic E-state index is 12.1. The van der Waals surface area contributed by atoms with Crippen LogP contribution in [0.3, 0.4) is 0 Å². The normalized spacial score (nSPS) is 30.5. The first kappa shape index (κ1) is 11.0. The summed E-state index contributed by atoms with van der Waals surface area (Å²) in [5.41, 5.74) is 0.532. The van der Waals surface area contributed by atoms with E-state index in [4.69, 9.17) is 11.6 Å². The average Bonchev–Trinajstić information content (AvgIpc) is 2.91. The number of nitrogens with zero attached hydrogens (tertiary/aromatic N) is 1. The highest BCUT2D eigenvalue weighted by Crippen LogP contribution is 2.44. The molecule has 0 aliphatic heterocycles. The van der Waals surface area contributed by atoms with Crippen molar-refractivity contribution >= 4 is 17.5 Å². The lowest BCUT2D eigenvalue weighted by atomic mass is 9.95. The van der Waals surface area contributed by atoms with Crippen LogP contribution in [0.15, 0.2) is 18.5 Å². The van der Waals surface area contributed by atoms with Gasteiger partial charge < -0.3 is 5.32 Å². The van der Waals surface area contributed by atoms with Gasteiger partial charge in [0.05, 0.1) is 10.6 Å². The summed E-state index contributed by atoms with van der Waals surface area (Å²) in [6.45, 7) is 0. The molecule has 2 bridgehead atoms. The molecule has 4 heteroatoms. The Morgan fingerprint density at radius 2 is 2.29 bits per heavy atom. The van der Waals surface area contributed by atoms with E-state index >= 15 is 0 Å². The number of aromatic nitrogens is 1. The number of amides is 1. The van der Waals surface area contributed by atoms with Gasteiger partial charge in [-0.3, -0.25) is 9.78 Å². The molecule has 3 unspecified atom stereocenters. The number of fused-ring (bicyclic) bond motifs is 2. The molecule has 0 aromatic carbocycles. The Morgan fingerprint density at radius 3 is 2.94 bits per heavy atom. The van der Waals surface area contributed by atoms with Gasteiger partial charge in [-0.25, -0.2) is 0 Å². The Bertz CT molecular complexity index is 449. The first-order valence-corrected chi connectivity index (χ1v) is 6.52. The van der Waals surface area contributed by atoms with Gasteiger partial charge in [0.15, 0.2) is 0 Å². The monoisotopic (exact) mass is 250 g/mol. The third-order valence-corrected chi connectivity index (χ3v) is 4.37. The number of carbonyl (C=O) groups excluding carboxylic acids is 1. The molecule has 2 saturated carbocycles. The van der Waals surface area contributed by atoms with E-state index in [-0.39, 0.29) is 5.91 Å². The lowest BCUT2D eigenvalue weighted by molar-refractivity contribution is 0.0923. The summed E-state index contributed by atoms with van der Waals surface area (Å²) in [4.78, 5) is 16.0. The predicted molar refractivity (Wildman–Crippen MR) is 65.9 cm³/mol. The van der Waals surface area contributed by atoms with E-state index in [0.717, 1.165) is 12.3 Å². The Labute approximate surface area is 106 Å². The number of hydrogen-bond acceptors (Lipinski definition) is 2. The molecule has 0 spiro atoms. The number of pyridine rings is 1. The Morgan fingerprint density at radius 1 is 1.41 bits per heavy atom. The van der Waals surface area contributed by atoms with Crippen molar-refractivity contribution in [1.82, 2.24) is 10.3 Å². The zero-order valence-electron chi connectivity index (χ0n) is 9.53. The van der Waals surface area contributed by atoms with Crippen LogP contribution in [0.1, 0.15) is 36.0 Å². The van der Waals surface area contributed by atoms with Gasteiger partial charge in [0.2, 0.25) is 0 Å². The second kappa shape index (κ2) is 4.30. The van der Waals surface area contributed by atoms with Crippen molar-refractivity contribution in [3.63, 3.8) is 0 Å². The van der Waals surface area contributed by atoms with Crippen LogP contribution >= 0.6 is 11.6 Å². The predicted octanol–water partition coefficient (Wildman–Crippen LogP) is 2.65. The van der Waals surface area contributed by atoms with Gasteiger partial charge in [-0.1, -0.05) is 18.0 Å². The van der Waals surface area contributed by atoms with Crippen LogP contribution in [-0.4, -0.2) is 16.9 Å². The minimum Gasteiger partial charge on any atom is -0.349 e. The molecule has 1 amide bonds. The maximum Gasteiger partial charge on any atom is 0.253 e. The maximum atomic E-state index is 12.1. The molecule has 3 atom stereocenters. The molecule has 1 aromatic heterocycles. The summed E-state index contributed by atoms with van der Waals surface area (Å²) in [6.07, 6.45) is 8.14. The summed E-state index contributed by atoms with van der Waals surface area (Å²) in [5.74, 6) is 1.46. The molecular weight excluding hydrogens is 236 g/mol. The second-order valence-electron chi connectivity index (χ2n) is 5.11. The molecule has 1 heterocycles. The first-order chi connectivity index (χ1) is 8.24. The van der Waals surface area contributed by atoms with E-state index in [0.29, 0.717) is 22.5 Å². The number of nitrogens with one attached hydrogen (secondary N) is 1. The molecule has 2 aliphatic carbocycles. The molecular formula is C13H15ClN2O. The summed E-state index contributed by atoms with van der Waals surface area (Å²) < 4.78 is 0. The standard InChI is InChI=1S/C13H15ClN2O/c14-11-7-15-4-3-10(11)13(17)16-12-6-8-1-2-9(12)5-8/h3-4,7-9,12H,1-2,5-6H2,(H,16,17). The Hall–Kier alpha value is -1.09. The first-order valence-electron chi connectivity index (χ1n) is 6.14. The molecule has 2 fully saturated rings. The Kier molecular flexibility index (Phi) is 2.79. The van der Waals surface area contributed by atoms with Crippen molar-refractivity contribution in [1.29, 1.82) is 0 Å². The summed E-state index contributed by atoms with van der Waals surface area (Å²) >= 11 is 5.96. The van der Waals surface area contributed by atoms with Crippen molar-refractivity contribution in [2.45, 2.75) is 31.7 Å². The largest absolute Gasteiger partial charge is 0.349 e. The van der Waals surface area contributed by atoms with E-state index in [9.17, 15) is 4.79 Å². The van der Waals surface area contributed by atoms with Crippen molar-refractivity contribution in [3.05, 3.63) is 29.0 Å². The van der Waals surface area contributed by atoms with Crippen LogP contribution in [0.4, 0.5) is 0 Å². The summed E-state index contributed by atoms with van der Waals surface area (Å²) in [6, 6.07) is 2.02. The molecule has 1 N–H and O–H groups in total. The lowest BCUT2D eigenvalue weighted by Crippen LogP contribution is -2.38. The SMILES string of the molecule is O=C(NC1CC2CCC1C2)c1ccncc1Cl. The van der Waals surface area contributed by atoms with Crippen molar-refractivity contribution in [2.24, 2.45) is 11.8 Å². The van der Waals surface area contributed by atoms with E-state index in [2.05, 4.69) is 10.3 Å². The molecule has 90 valence electrons. The molecule has 3 rings (SSSR count). The fourth-order valence-electron chi connectivity index (χ4n) is 3.23. The molecule has 1 aromatic rings. The van der Waals surface area contributed by atoms with Gasteiger partial charge in [-0.2, -0.15) is 0 Å². The van der Waals surface area contributed by atoms with E-state index in [1.54, 1.807) is 12.3 Å². The quantitative estimate of drug-likeness (QED) is 0.877. The summed E-state index contributed by atoms with van der Waals surface area (Å²) in [7, 11) is 0. The van der Waals surface area contributed by atoms with E-state index in [1.165, 1.54) is 25.5 Å². The highest BCUT2D eigenvalue weighted by atomic mass is 35.5. The fraction of sp³-hybridized carbons (Fsp3) is 0.538. The van der Waals surface area contributed by atoms with Crippen LogP contribution in [0.5, 0.6) is 0 Å².